The highest BCUT2D eigenvalue weighted by molar-refractivity contribution is 5.69. The molecule has 0 radical (unpaired) electrons. The van der Waals surface area contributed by atoms with Gasteiger partial charge < -0.3 is 14.2 Å². The maximum atomic E-state index is 11.8. The van der Waals surface area contributed by atoms with Crippen molar-refractivity contribution >= 4 is 17.6 Å². The molecule has 28 heavy (non-hydrogen) atoms. The fourth-order valence-corrected chi connectivity index (χ4v) is 2.68. The smallest absolute Gasteiger partial charge is 0.310 e. The zero-order valence-corrected chi connectivity index (χ0v) is 16.6. The van der Waals surface area contributed by atoms with Crippen LogP contribution in [0.4, 0.5) is 5.69 Å². The lowest BCUT2D eigenvalue weighted by Crippen LogP contribution is -2.05. The van der Waals surface area contributed by atoms with Crippen molar-refractivity contribution in [1.82, 2.24) is 0 Å². The van der Waals surface area contributed by atoms with Crippen molar-refractivity contribution in [2.24, 2.45) is 0 Å². The van der Waals surface area contributed by atoms with Crippen LogP contribution in [0.25, 0.3) is 0 Å². The van der Waals surface area contributed by atoms with Gasteiger partial charge >= 0.3 is 17.6 Å². The number of carbonyl (C=O) groups excluding carboxylic acids is 2. The van der Waals surface area contributed by atoms with Gasteiger partial charge in [-0.2, -0.15) is 0 Å². The molecular weight excluding hydrogens is 366 g/mol. The van der Waals surface area contributed by atoms with Gasteiger partial charge in [-0.3, -0.25) is 19.7 Å². The average molecular weight is 395 g/mol. The zero-order valence-electron chi connectivity index (χ0n) is 16.6. The summed E-state index contributed by atoms with van der Waals surface area (Å²) in [7, 11) is 1.36. The van der Waals surface area contributed by atoms with Gasteiger partial charge in [0.25, 0.3) is 0 Å². The lowest BCUT2D eigenvalue weighted by atomic mass is 10.1. The Morgan fingerprint density at radius 2 is 1.54 bits per heavy atom. The first-order valence-corrected chi connectivity index (χ1v) is 9.60. The number of rotatable bonds is 14. The Balaban J connectivity index is 2.14. The maximum absolute atomic E-state index is 11.8. The summed E-state index contributed by atoms with van der Waals surface area (Å²) in [6.07, 6.45) is 6.33. The van der Waals surface area contributed by atoms with Crippen molar-refractivity contribution in [1.29, 1.82) is 0 Å². The van der Waals surface area contributed by atoms with E-state index in [4.69, 9.17) is 14.2 Å². The van der Waals surface area contributed by atoms with E-state index in [1.54, 1.807) is 13.0 Å². The molecule has 0 aromatic heterocycles. The van der Waals surface area contributed by atoms with Crippen molar-refractivity contribution in [2.75, 3.05) is 13.7 Å². The highest BCUT2D eigenvalue weighted by Gasteiger charge is 2.15. The van der Waals surface area contributed by atoms with Crippen LogP contribution in [0, 0.1) is 10.1 Å². The van der Waals surface area contributed by atoms with E-state index in [2.05, 4.69) is 0 Å². The lowest BCUT2D eigenvalue weighted by molar-refractivity contribution is -0.385. The van der Waals surface area contributed by atoms with Crippen LogP contribution in [-0.4, -0.2) is 30.6 Å². The van der Waals surface area contributed by atoms with E-state index in [1.165, 1.54) is 19.2 Å². The first-order valence-electron chi connectivity index (χ1n) is 9.60. The molecule has 0 aliphatic carbocycles. The van der Waals surface area contributed by atoms with Crippen molar-refractivity contribution in [3.05, 3.63) is 33.9 Å². The van der Waals surface area contributed by atoms with E-state index in [-0.39, 0.29) is 30.0 Å². The Kier molecular flexibility index (Phi) is 11.3. The van der Waals surface area contributed by atoms with Crippen molar-refractivity contribution in [3.63, 3.8) is 0 Å². The highest BCUT2D eigenvalue weighted by Crippen LogP contribution is 2.27. The van der Waals surface area contributed by atoms with Crippen LogP contribution in [0.1, 0.15) is 63.9 Å². The monoisotopic (exact) mass is 395 g/mol. The summed E-state index contributed by atoms with van der Waals surface area (Å²) in [5, 5.41) is 10.9. The maximum Gasteiger partial charge on any atom is 0.310 e. The molecule has 0 heterocycles. The fourth-order valence-electron chi connectivity index (χ4n) is 2.68. The Labute approximate surface area is 165 Å². The number of nitro benzene ring substituents is 1. The van der Waals surface area contributed by atoms with Gasteiger partial charge in [-0.15, -0.1) is 0 Å². The van der Waals surface area contributed by atoms with Gasteiger partial charge in [-0.05, 0) is 37.5 Å². The molecule has 0 saturated carbocycles. The van der Waals surface area contributed by atoms with Crippen LogP contribution in [-0.2, 0) is 25.7 Å². The first-order chi connectivity index (χ1) is 13.5. The van der Waals surface area contributed by atoms with Crippen molar-refractivity contribution < 1.29 is 28.7 Å². The number of nitro groups is 1. The molecule has 0 aliphatic rings. The Morgan fingerprint density at radius 1 is 0.964 bits per heavy atom. The predicted octanol–water partition coefficient (Wildman–Crippen LogP) is 4.33. The predicted molar refractivity (Wildman–Crippen MR) is 103 cm³/mol. The van der Waals surface area contributed by atoms with E-state index in [0.29, 0.717) is 25.0 Å². The molecule has 0 spiro atoms. The lowest BCUT2D eigenvalue weighted by Gasteiger charge is -2.07. The summed E-state index contributed by atoms with van der Waals surface area (Å²) in [5.41, 5.74) is 0.511. The van der Waals surface area contributed by atoms with Gasteiger partial charge in [0.1, 0.15) is 6.61 Å². The van der Waals surface area contributed by atoms with Gasteiger partial charge in [-0.25, -0.2) is 0 Å². The SMILES string of the molecule is CCOC(=O)CCCCCCCCC(=O)OCc1ccc([N+](=O)[O-])c(OC)c1. The zero-order chi connectivity index (χ0) is 20.8. The average Bonchev–Trinajstić information content (AvgIpc) is 2.68. The minimum absolute atomic E-state index is 0.0566. The van der Waals surface area contributed by atoms with Crippen LogP contribution in [0.3, 0.4) is 0 Å². The third kappa shape index (κ3) is 9.34. The van der Waals surface area contributed by atoms with Crippen LogP contribution >= 0.6 is 0 Å². The van der Waals surface area contributed by atoms with Gasteiger partial charge in [0.2, 0.25) is 0 Å². The standard InChI is InChI=1S/C20H29NO7/c1-3-27-19(22)10-8-6-4-5-7-9-11-20(23)28-15-16-12-13-17(21(24)25)18(14-16)26-2/h12-14H,3-11,15H2,1-2H3. The molecular formula is C20H29NO7. The molecule has 0 amide bonds. The largest absolute Gasteiger partial charge is 0.490 e. The molecule has 0 unspecified atom stereocenters. The van der Waals surface area contributed by atoms with E-state index >= 15 is 0 Å². The Bertz CT molecular complexity index is 645. The second-order valence-electron chi connectivity index (χ2n) is 6.35. The second kappa shape index (κ2) is 13.5. The molecule has 0 bridgehead atoms. The number of esters is 2. The third-order valence-electron chi connectivity index (χ3n) is 4.16. The van der Waals surface area contributed by atoms with Crippen LogP contribution in [0.2, 0.25) is 0 Å². The quantitative estimate of drug-likeness (QED) is 0.200. The molecule has 1 aromatic carbocycles. The van der Waals surface area contributed by atoms with E-state index in [0.717, 1.165) is 38.5 Å². The van der Waals surface area contributed by atoms with Gasteiger partial charge in [-0.1, -0.05) is 25.7 Å². The number of methoxy groups -OCH3 is 1. The van der Waals surface area contributed by atoms with E-state index in [1.807, 2.05) is 0 Å². The minimum Gasteiger partial charge on any atom is -0.490 e. The number of unbranched alkanes of at least 4 members (excludes halogenated alkanes) is 5. The van der Waals surface area contributed by atoms with Crippen molar-refractivity contribution in [2.45, 2.75) is 64.9 Å². The topological polar surface area (TPSA) is 105 Å². The Hall–Kier alpha value is -2.64. The number of ether oxygens (including phenoxy) is 3. The normalized spacial score (nSPS) is 10.4. The van der Waals surface area contributed by atoms with Crippen LogP contribution in [0.15, 0.2) is 18.2 Å². The fraction of sp³-hybridized carbons (Fsp3) is 0.600. The Morgan fingerprint density at radius 3 is 2.07 bits per heavy atom. The van der Waals surface area contributed by atoms with Gasteiger partial charge in [0.05, 0.1) is 18.6 Å². The van der Waals surface area contributed by atoms with Crippen LogP contribution < -0.4 is 4.74 Å². The van der Waals surface area contributed by atoms with Gasteiger partial charge in [0.15, 0.2) is 5.75 Å². The molecule has 8 nitrogen and oxygen atoms in total. The molecule has 0 fully saturated rings. The second-order valence-corrected chi connectivity index (χ2v) is 6.35. The molecule has 8 heteroatoms. The summed E-state index contributed by atoms with van der Waals surface area (Å²) in [6.45, 7) is 2.28. The summed E-state index contributed by atoms with van der Waals surface area (Å²) >= 11 is 0. The summed E-state index contributed by atoms with van der Waals surface area (Å²) in [5.74, 6) is -0.294. The molecule has 0 aliphatic heterocycles. The number of hydrogen-bond donors (Lipinski definition) is 0. The summed E-state index contributed by atoms with van der Waals surface area (Å²) in [6, 6.07) is 4.38. The van der Waals surface area contributed by atoms with Crippen molar-refractivity contribution in [3.8, 4) is 5.75 Å². The molecule has 1 aromatic rings. The molecule has 156 valence electrons. The van der Waals surface area contributed by atoms with E-state index < -0.39 is 4.92 Å². The van der Waals surface area contributed by atoms with Gasteiger partial charge in [0, 0.05) is 18.9 Å². The number of carbonyl (C=O) groups is 2. The number of hydrogen-bond acceptors (Lipinski definition) is 7. The van der Waals surface area contributed by atoms with E-state index in [9.17, 15) is 19.7 Å². The first kappa shape index (κ1) is 23.4. The van der Waals surface area contributed by atoms with Crippen LogP contribution in [0.5, 0.6) is 5.75 Å². The molecule has 0 saturated heterocycles. The third-order valence-corrected chi connectivity index (χ3v) is 4.16. The summed E-state index contributed by atoms with van der Waals surface area (Å²) < 4.78 is 15.1. The highest BCUT2D eigenvalue weighted by atomic mass is 16.6. The molecule has 1 rings (SSSR count). The summed E-state index contributed by atoms with van der Waals surface area (Å²) in [4.78, 5) is 33.3. The molecule has 0 atom stereocenters. The molecule has 0 N–H and O–H groups in total. The minimum atomic E-state index is -0.522. The number of nitrogens with zero attached hydrogens (tertiary/aromatic N) is 1. The number of benzene rings is 1.